The van der Waals surface area contributed by atoms with E-state index in [2.05, 4.69) is 30.0 Å². The molecule has 104 valence electrons. The van der Waals surface area contributed by atoms with Gasteiger partial charge in [-0.05, 0) is 55.2 Å². The maximum atomic E-state index is 6.15. The van der Waals surface area contributed by atoms with E-state index in [1.807, 2.05) is 0 Å². The molecule has 3 rings (SSSR count). The Morgan fingerprint density at radius 1 is 1.21 bits per heavy atom. The summed E-state index contributed by atoms with van der Waals surface area (Å²) in [4.78, 5) is 2.69. The molecule has 0 bridgehead atoms. The fourth-order valence-corrected chi connectivity index (χ4v) is 3.86. The fraction of sp³-hybridized carbons (Fsp3) is 0.647. The molecule has 1 aliphatic carbocycles. The van der Waals surface area contributed by atoms with Crippen LogP contribution in [0.4, 0.5) is 5.69 Å². The molecule has 0 aromatic heterocycles. The normalized spacial score (nSPS) is 28.1. The molecule has 1 aliphatic heterocycles. The molecule has 1 heterocycles. The van der Waals surface area contributed by atoms with Crippen molar-refractivity contribution in [3.8, 4) is 0 Å². The summed E-state index contributed by atoms with van der Waals surface area (Å²) in [5.74, 6) is 0.985. The molecule has 0 unspecified atom stereocenters. The third-order valence-corrected chi connectivity index (χ3v) is 5.25. The van der Waals surface area contributed by atoms with Crippen LogP contribution in [0.5, 0.6) is 0 Å². The Hall–Kier alpha value is -1.02. The quantitative estimate of drug-likeness (QED) is 0.821. The Kier molecular flexibility index (Phi) is 3.79. The monoisotopic (exact) mass is 258 g/mol. The van der Waals surface area contributed by atoms with Gasteiger partial charge < -0.3 is 5.73 Å². The molecule has 1 fully saturated rings. The van der Waals surface area contributed by atoms with E-state index in [-0.39, 0.29) is 0 Å². The Labute approximate surface area is 117 Å². The Morgan fingerprint density at radius 2 is 2.00 bits per heavy atom. The van der Waals surface area contributed by atoms with Gasteiger partial charge in [-0.25, -0.2) is 0 Å². The molecular weight excluding hydrogens is 232 g/mol. The van der Waals surface area contributed by atoms with E-state index < -0.39 is 0 Å². The lowest BCUT2D eigenvalue weighted by Gasteiger charge is -2.39. The van der Waals surface area contributed by atoms with E-state index in [1.54, 1.807) is 0 Å². The average molecular weight is 258 g/mol. The molecule has 19 heavy (non-hydrogen) atoms. The molecule has 2 heteroatoms. The molecule has 0 atom stereocenters. The zero-order chi connectivity index (χ0) is 13.2. The highest BCUT2D eigenvalue weighted by atomic mass is 15.2. The van der Waals surface area contributed by atoms with Crippen molar-refractivity contribution in [3.63, 3.8) is 0 Å². The molecule has 2 nitrogen and oxygen atoms in total. The van der Waals surface area contributed by atoms with Crippen LogP contribution in [0.1, 0.15) is 50.2 Å². The summed E-state index contributed by atoms with van der Waals surface area (Å²) in [6.45, 7) is 4.63. The smallest absolute Gasteiger partial charge is 0.0362 e. The zero-order valence-corrected chi connectivity index (χ0v) is 12.1. The van der Waals surface area contributed by atoms with Gasteiger partial charge in [0.15, 0.2) is 0 Å². The molecule has 2 N–H and O–H groups in total. The highest BCUT2D eigenvalue weighted by molar-refractivity contribution is 5.51. The predicted molar refractivity (Wildman–Crippen MR) is 81.0 cm³/mol. The number of nitrogens with zero attached hydrogens (tertiary/aromatic N) is 1. The van der Waals surface area contributed by atoms with Crippen LogP contribution in [0.2, 0.25) is 0 Å². The van der Waals surface area contributed by atoms with Gasteiger partial charge in [0.25, 0.3) is 0 Å². The molecule has 0 saturated heterocycles. The minimum atomic E-state index is 0.801. The SMILES string of the molecule is CCC1CCC(N2CCc3cccc(N)c3C2)CC1. The van der Waals surface area contributed by atoms with Crippen LogP contribution in [0.15, 0.2) is 18.2 Å². The second-order valence-corrected chi connectivity index (χ2v) is 6.29. The van der Waals surface area contributed by atoms with Gasteiger partial charge in [-0.1, -0.05) is 25.5 Å². The van der Waals surface area contributed by atoms with Crippen molar-refractivity contribution in [2.75, 3.05) is 12.3 Å². The van der Waals surface area contributed by atoms with Gasteiger partial charge >= 0.3 is 0 Å². The van der Waals surface area contributed by atoms with Gasteiger partial charge in [0.05, 0.1) is 0 Å². The highest BCUT2D eigenvalue weighted by Gasteiger charge is 2.28. The second-order valence-electron chi connectivity index (χ2n) is 6.29. The minimum Gasteiger partial charge on any atom is -0.398 e. The van der Waals surface area contributed by atoms with Crippen LogP contribution in [0.3, 0.4) is 0 Å². The van der Waals surface area contributed by atoms with E-state index >= 15 is 0 Å². The topological polar surface area (TPSA) is 29.3 Å². The molecule has 1 saturated carbocycles. The number of hydrogen-bond acceptors (Lipinski definition) is 2. The standard InChI is InChI=1S/C17H26N2/c1-2-13-6-8-15(9-7-13)19-11-10-14-4-3-5-17(18)16(14)12-19/h3-5,13,15H,2,6-12,18H2,1H3. The first-order valence-corrected chi connectivity index (χ1v) is 7.88. The van der Waals surface area contributed by atoms with Gasteiger partial charge in [-0.15, -0.1) is 0 Å². The Morgan fingerprint density at radius 3 is 2.74 bits per heavy atom. The van der Waals surface area contributed by atoms with Gasteiger partial charge in [-0.3, -0.25) is 4.90 Å². The summed E-state index contributed by atoms with van der Waals surface area (Å²) in [5, 5.41) is 0. The molecule has 0 spiro atoms. The number of anilines is 1. The van der Waals surface area contributed by atoms with Gasteiger partial charge in [-0.2, -0.15) is 0 Å². The maximum absolute atomic E-state index is 6.15. The van der Waals surface area contributed by atoms with Crippen molar-refractivity contribution in [2.45, 2.75) is 58.0 Å². The minimum absolute atomic E-state index is 0.801. The van der Waals surface area contributed by atoms with E-state index in [0.29, 0.717) is 0 Å². The van der Waals surface area contributed by atoms with Crippen molar-refractivity contribution in [1.82, 2.24) is 4.90 Å². The summed E-state index contributed by atoms with van der Waals surface area (Å²) in [7, 11) is 0. The zero-order valence-electron chi connectivity index (χ0n) is 12.1. The molecule has 2 aliphatic rings. The molecule has 0 amide bonds. The number of benzene rings is 1. The van der Waals surface area contributed by atoms with Crippen LogP contribution in [-0.4, -0.2) is 17.5 Å². The van der Waals surface area contributed by atoms with Crippen LogP contribution < -0.4 is 5.73 Å². The van der Waals surface area contributed by atoms with Crippen LogP contribution in [-0.2, 0) is 13.0 Å². The molecule has 1 aromatic rings. The number of fused-ring (bicyclic) bond motifs is 1. The number of hydrogen-bond donors (Lipinski definition) is 1. The first kappa shape index (κ1) is 13.0. The summed E-state index contributed by atoms with van der Waals surface area (Å²) in [5.41, 5.74) is 10.0. The van der Waals surface area contributed by atoms with Gasteiger partial charge in [0.1, 0.15) is 0 Å². The van der Waals surface area contributed by atoms with Crippen molar-refractivity contribution in [2.24, 2.45) is 5.92 Å². The molecule has 0 radical (unpaired) electrons. The van der Waals surface area contributed by atoms with Crippen molar-refractivity contribution >= 4 is 5.69 Å². The summed E-state index contributed by atoms with van der Waals surface area (Å²) in [6.07, 6.45) is 8.17. The lowest BCUT2D eigenvalue weighted by atomic mass is 9.83. The van der Waals surface area contributed by atoms with Crippen molar-refractivity contribution in [3.05, 3.63) is 29.3 Å². The van der Waals surface area contributed by atoms with E-state index in [0.717, 1.165) is 24.2 Å². The summed E-state index contributed by atoms with van der Waals surface area (Å²) < 4.78 is 0. The van der Waals surface area contributed by atoms with Crippen LogP contribution in [0, 0.1) is 5.92 Å². The number of rotatable bonds is 2. The third-order valence-electron chi connectivity index (χ3n) is 5.25. The van der Waals surface area contributed by atoms with Gasteiger partial charge in [0.2, 0.25) is 0 Å². The predicted octanol–water partition coefficient (Wildman–Crippen LogP) is 3.60. The summed E-state index contributed by atoms with van der Waals surface area (Å²) >= 11 is 0. The Bertz CT molecular complexity index is 433. The average Bonchev–Trinajstić information content (AvgIpc) is 2.47. The van der Waals surface area contributed by atoms with Crippen LogP contribution in [0.25, 0.3) is 0 Å². The Balaban J connectivity index is 1.67. The lowest BCUT2D eigenvalue weighted by Crippen LogP contribution is -2.41. The fourth-order valence-electron chi connectivity index (χ4n) is 3.86. The van der Waals surface area contributed by atoms with E-state index in [9.17, 15) is 0 Å². The molecule has 1 aromatic carbocycles. The molecular formula is C17H26N2. The van der Waals surface area contributed by atoms with Gasteiger partial charge in [0, 0.05) is 24.8 Å². The first-order chi connectivity index (χ1) is 9.28. The largest absolute Gasteiger partial charge is 0.398 e. The third kappa shape index (κ3) is 2.64. The van der Waals surface area contributed by atoms with Crippen LogP contribution >= 0.6 is 0 Å². The lowest BCUT2D eigenvalue weighted by molar-refractivity contribution is 0.122. The summed E-state index contributed by atoms with van der Waals surface area (Å²) in [6, 6.07) is 7.19. The number of nitrogens with two attached hydrogens (primary N) is 1. The maximum Gasteiger partial charge on any atom is 0.0362 e. The second kappa shape index (κ2) is 5.54. The van der Waals surface area contributed by atoms with E-state index in [4.69, 9.17) is 5.73 Å². The van der Waals surface area contributed by atoms with Crippen molar-refractivity contribution in [1.29, 1.82) is 0 Å². The van der Waals surface area contributed by atoms with Crippen molar-refractivity contribution < 1.29 is 0 Å². The number of nitrogen functional groups attached to an aromatic ring is 1. The van der Waals surface area contributed by atoms with E-state index in [1.165, 1.54) is 56.2 Å². The highest BCUT2D eigenvalue weighted by Crippen LogP contribution is 2.33. The first-order valence-electron chi connectivity index (χ1n) is 7.88.